The van der Waals surface area contributed by atoms with Crippen LogP contribution in [-0.4, -0.2) is 29.2 Å². The monoisotopic (exact) mass is 413 g/mol. The first-order valence-corrected chi connectivity index (χ1v) is 9.63. The van der Waals surface area contributed by atoms with Crippen LogP contribution in [0.1, 0.15) is 32.8 Å². The molecule has 2 N–H and O–H groups in total. The fourth-order valence-corrected chi connectivity index (χ4v) is 2.86. The molecule has 7 heteroatoms. The molecular weight excluding hydrogens is 386 g/mol. The quantitative estimate of drug-likeness (QED) is 0.501. The Morgan fingerprint density at radius 1 is 0.967 bits per heavy atom. The first-order valence-electron chi connectivity index (χ1n) is 9.63. The number of rotatable bonds is 8. The van der Waals surface area contributed by atoms with E-state index in [0.717, 1.165) is 5.56 Å². The number of benzene rings is 2. The second-order valence-electron chi connectivity index (χ2n) is 7.99. The molecule has 1 amide bonds. The van der Waals surface area contributed by atoms with Crippen LogP contribution in [0.25, 0.3) is 0 Å². The van der Waals surface area contributed by atoms with E-state index in [-0.39, 0.29) is 13.0 Å². The molecule has 2 aromatic rings. The van der Waals surface area contributed by atoms with E-state index in [1.165, 1.54) is 0 Å². The highest BCUT2D eigenvalue weighted by atomic mass is 16.6. The second kappa shape index (κ2) is 10.4. The minimum Gasteiger partial charge on any atom is -0.481 e. The predicted molar refractivity (Wildman–Crippen MR) is 111 cm³/mol. The minimum absolute atomic E-state index is 0.0226. The smallest absolute Gasteiger partial charge is 0.408 e. The Kier molecular flexibility index (Phi) is 7.98. The van der Waals surface area contributed by atoms with Crippen molar-refractivity contribution in [1.29, 1.82) is 0 Å². The van der Waals surface area contributed by atoms with Crippen LogP contribution in [-0.2, 0) is 20.9 Å². The van der Waals surface area contributed by atoms with E-state index < -0.39 is 35.4 Å². The molecule has 1 unspecified atom stereocenters. The van der Waals surface area contributed by atoms with Gasteiger partial charge in [0.15, 0.2) is 0 Å². The van der Waals surface area contributed by atoms with Gasteiger partial charge in [-0.15, -0.1) is 0 Å². The van der Waals surface area contributed by atoms with E-state index in [2.05, 4.69) is 5.32 Å². The number of hydrogen-bond donors (Lipinski definition) is 2. The SMILES string of the molecule is CC(C)(C)C(C[C@H](NC(=O)OCc1ccccc1)C(=O)Oc1ccccc1)C(=O)O. The van der Waals surface area contributed by atoms with Crippen LogP contribution in [0, 0.1) is 11.3 Å². The highest BCUT2D eigenvalue weighted by Crippen LogP contribution is 2.30. The van der Waals surface area contributed by atoms with Crippen LogP contribution >= 0.6 is 0 Å². The van der Waals surface area contributed by atoms with E-state index in [1.54, 1.807) is 63.2 Å². The number of carbonyl (C=O) groups is 3. The van der Waals surface area contributed by atoms with Crippen LogP contribution < -0.4 is 10.1 Å². The van der Waals surface area contributed by atoms with Gasteiger partial charge in [-0.3, -0.25) is 4.79 Å². The van der Waals surface area contributed by atoms with Crippen LogP contribution in [0.5, 0.6) is 5.75 Å². The highest BCUT2D eigenvalue weighted by Gasteiger charge is 2.37. The number of aliphatic carboxylic acids is 1. The number of para-hydroxylation sites is 1. The van der Waals surface area contributed by atoms with Gasteiger partial charge in [-0.05, 0) is 29.5 Å². The zero-order valence-corrected chi connectivity index (χ0v) is 17.3. The predicted octanol–water partition coefficient (Wildman–Crippen LogP) is 4.02. The Balaban J connectivity index is 2.11. The van der Waals surface area contributed by atoms with E-state index >= 15 is 0 Å². The molecule has 0 aliphatic carbocycles. The molecule has 7 nitrogen and oxygen atoms in total. The van der Waals surface area contributed by atoms with Crippen molar-refractivity contribution >= 4 is 18.0 Å². The van der Waals surface area contributed by atoms with Gasteiger partial charge in [0, 0.05) is 0 Å². The maximum atomic E-state index is 12.7. The summed E-state index contributed by atoms with van der Waals surface area (Å²) < 4.78 is 10.5. The van der Waals surface area contributed by atoms with Crippen LogP contribution in [0.4, 0.5) is 4.79 Å². The zero-order chi connectivity index (χ0) is 22.1. The molecule has 0 spiro atoms. The summed E-state index contributed by atoms with van der Waals surface area (Å²) in [7, 11) is 0. The summed E-state index contributed by atoms with van der Waals surface area (Å²) >= 11 is 0. The number of carboxylic acids is 1. The summed E-state index contributed by atoms with van der Waals surface area (Å²) in [6.07, 6.45) is -0.961. The van der Waals surface area contributed by atoms with Crippen LogP contribution in [0.2, 0.25) is 0 Å². The van der Waals surface area contributed by atoms with Crippen LogP contribution in [0.3, 0.4) is 0 Å². The van der Waals surface area contributed by atoms with Crippen molar-refractivity contribution in [2.75, 3.05) is 0 Å². The number of esters is 1. The lowest BCUT2D eigenvalue weighted by Crippen LogP contribution is -2.47. The normalized spacial score (nSPS) is 13.0. The summed E-state index contributed by atoms with van der Waals surface area (Å²) in [5.74, 6) is -2.40. The Labute approximate surface area is 176 Å². The Bertz CT molecular complexity index is 845. The third kappa shape index (κ3) is 7.24. The zero-order valence-electron chi connectivity index (χ0n) is 17.3. The molecule has 0 aliphatic rings. The van der Waals surface area contributed by atoms with Gasteiger partial charge >= 0.3 is 18.0 Å². The van der Waals surface area contributed by atoms with Crippen molar-refractivity contribution in [3.63, 3.8) is 0 Å². The number of nitrogens with one attached hydrogen (secondary N) is 1. The Morgan fingerprint density at radius 3 is 2.07 bits per heavy atom. The number of hydrogen-bond acceptors (Lipinski definition) is 5. The number of ether oxygens (including phenoxy) is 2. The molecule has 0 saturated carbocycles. The van der Waals surface area contributed by atoms with E-state index in [0.29, 0.717) is 5.75 Å². The first-order chi connectivity index (χ1) is 14.2. The molecule has 0 radical (unpaired) electrons. The van der Waals surface area contributed by atoms with Crippen molar-refractivity contribution in [2.45, 2.75) is 39.8 Å². The van der Waals surface area contributed by atoms with E-state index in [4.69, 9.17) is 9.47 Å². The van der Waals surface area contributed by atoms with Gasteiger partial charge in [-0.25, -0.2) is 9.59 Å². The molecule has 0 fully saturated rings. The topological polar surface area (TPSA) is 102 Å². The standard InChI is InChI=1S/C23H27NO6/c1-23(2,3)18(20(25)26)14-19(21(27)30-17-12-8-5-9-13-17)24-22(28)29-15-16-10-6-4-7-11-16/h4-13,18-19H,14-15H2,1-3H3,(H,24,28)(H,25,26)/t18?,19-/m0/s1. The molecule has 2 atom stereocenters. The maximum absolute atomic E-state index is 12.7. The summed E-state index contributed by atoms with van der Waals surface area (Å²) in [6, 6.07) is 16.3. The average Bonchev–Trinajstić information content (AvgIpc) is 2.69. The van der Waals surface area contributed by atoms with Gasteiger partial charge in [-0.2, -0.15) is 0 Å². The third-order valence-corrected chi connectivity index (χ3v) is 4.57. The lowest BCUT2D eigenvalue weighted by molar-refractivity contribution is -0.147. The maximum Gasteiger partial charge on any atom is 0.408 e. The Morgan fingerprint density at radius 2 is 1.53 bits per heavy atom. The molecule has 0 heterocycles. The van der Waals surface area contributed by atoms with Gasteiger partial charge in [0.1, 0.15) is 18.4 Å². The minimum atomic E-state index is -1.19. The first kappa shape index (κ1) is 22.9. The molecule has 2 rings (SSSR count). The van der Waals surface area contributed by atoms with Gasteiger partial charge in [-0.1, -0.05) is 69.3 Å². The molecule has 160 valence electrons. The van der Waals surface area contributed by atoms with Gasteiger partial charge in [0.05, 0.1) is 5.92 Å². The largest absolute Gasteiger partial charge is 0.481 e. The third-order valence-electron chi connectivity index (χ3n) is 4.57. The van der Waals surface area contributed by atoms with Crippen LogP contribution in [0.15, 0.2) is 60.7 Å². The molecule has 2 aromatic carbocycles. The number of carboxylic acid groups (broad SMARTS) is 1. The Hall–Kier alpha value is -3.35. The lowest BCUT2D eigenvalue weighted by Gasteiger charge is -2.29. The van der Waals surface area contributed by atoms with Crippen molar-refractivity contribution in [3.8, 4) is 5.75 Å². The molecule has 0 aromatic heterocycles. The number of amides is 1. The summed E-state index contributed by atoms with van der Waals surface area (Å²) in [5, 5.41) is 12.1. The summed E-state index contributed by atoms with van der Waals surface area (Å²) in [5.41, 5.74) is 0.154. The van der Waals surface area contributed by atoms with Gasteiger partial charge in [0.25, 0.3) is 0 Å². The van der Waals surface area contributed by atoms with Gasteiger partial charge < -0.3 is 19.9 Å². The van der Waals surface area contributed by atoms with Crippen molar-refractivity contribution < 1.29 is 29.0 Å². The van der Waals surface area contributed by atoms with Crippen molar-refractivity contribution in [3.05, 3.63) is 66.2 Å². The molecular formula is C23H27NO6. The average molecular weight is 413 g/mol. The van der Waals surface area contributed by atoms with E-state index in [9.17, 15) is 19.5 Å². The molecule has 0 bridgehead atoms. The molecule has 0 saturated heterocycles. The summed E-state index contributed by atoms with van der Waals surface area (Å²) in [6.45, 7) is 5.31. The van der Waals surface area contributed by atoms with Gasteiger partial charge in [0.2, 0.25) is 0 Å². The second-order valence-corrected chi connectivity index (χ2v) is 7.99. The highest BCUT2D eigenvalue weighted by molar-refractivity contribution is 5.84. The fourth-order valence-electron chi connectivity index (χ4n) is 2.86. The molecule has 30 heavy (non-hydrogen) atoms. The summed E-state index contributed by atoms with van der Waals surface area (Å²) in [4.78, 5) is 36.8. The van der Waals surface area contributed by atoms with E-state index in [1.807, 2.05) is 18.2 Å². The number of alkyl carbamates (subject to hydrolysis) is 1. The number of carbonyl (C=O) groups excluding carboxylic acids is 2. The fraction of sp³-hybridized carbons (Fsp3) is 0.348. The van der Waals surface area contributed by atoms with Crippen molar-refractivity contribution in [2.24, 2.45) is 11.3 Å². The molecule has 0 aliphatic heterocycles. The lowest BCUT2D eigenvalue weighted by atomic mass is 9.77. The van der Waals surface area contributed by atoms with Crippen molar-refractivity contribution in [1.82, 2.24) is 5.32 Å².